The topological polar surface area (TPSA) is 127 Å². The fourth-order valence-electron chi connectivity index (χ4n) is 1.22. The first-order valence-electron chi connectivity index (χ1n) is 4.32. The molecule has 6 heteroatoms. The van der Waals surface area contributed by atoms with Gasteiger partial charge in [0.05, 0.1) is 12.5 Å². The van der Waals surface area contributed by atoms with Crippen LogP contribution in [-0.4, -0.2) is 35.2 Å². The SMILES string of the molecule is NC(=O)CCC(CO)C(CO)C(N)=O. The lowest BCUT2D eigenvalue weighted by Crippen LogP contribution is -2.35. The minimum absolute atomic E-state index is 0.0645. The van der Waals surface area contributed by atoms with E-state index in [0.29, 0.717) is 0 Å². The molecule has 0 aromatic heterocycles. The Morgan fingerprint density at radius 2 is 1.71 bits per heavy atom. The van der Waals surface area contributed by atoms with Gasteiger partial charge < -0.3 is 21.7 Å². The first-order chi connectivity index (χ1) is 6.52. The molecule has 0 spiro atoms. The number of amides is 2. The number of nitrogens with two attached hydrogens (primary N) is 2. The van der Waals surface area contributed by atoms with E-state index in [-0.39, 0.29) is 19.4 Å². The van der Waals surface area contributed by atoms with Crippen LogP contribution in [0.25, 0.3) is 0 Å². The van der Waals surface area contributed by atoms with Gasteiger partial charge in [-0.3, -0.25) is 9.59 Å². The molecule has 0 rings (SSSR count). The molecule has 2 unspecified atom stereocenters. The third-order valence-electron chi connectivity index (χ3n) is 2.13. The molecule has 0 heterocycles. The van der Waals surface area contributed by atoms with E-state index in [1.807, 2.05) is 0 Å². The van der Waals surface area contributed by atoms with Gasteiger partial charge in [-0.05, 0) is 12.3 Å². The van der Waals surface area contributed by atoms with Gasteiger partial charge in [0.25, 0.3) is 0 Å². The Morgan fingerprint density at radius 1 is 1.14 bits per heavy atom. The Balaban J connectivity index is 4.21. The van der Waals surface area contributed by atoms with Crippen LogP contribution < -0.4 is 11.5 Å². The Labute approximate surface area is 81.9 Å². The Morgan fingerprint density at radius 3 is 2.00 bits per heavy atom. The summed E-state index contributed by atoms with van der Waals surface area (Å²) < 4.78 is 0. The average Bonchev–Trinajstić information content (AvgIpc) is 2.10. The zero-order valence-electron chi connectivity index (χ0n) is 7.85. The van der Waals surface area contributed by atoms with Crippen LogP contribution in [0, 0.1) is 11.8 Å². The predicted octanol–water partition coefficient (Wildman–Crippen LogP) is -2.05. The van der Waals surface area contributed by atoms with Crippen LogP contribution >= 0.6 is 0 Å². The van der Waals surface area contributed by atoms with Crippen LogP contribution in [0.2, 0.25) is 0 Å². The number of carbonyl (C=O) groups is 2. The van der Waals surface area contributed by atoms with Crippen molar-refractivity contribution in [3.63, 3.8) is 0 Å². The molecule has 0 saturated heterocycles. The first kappa shape index (κ1) is 12.9. The normalized spacial score (nSPS) is 14.7. The fourth-order valence-corrected chi connectivity index (χ4v) is 1.22. The van der Waals surface area contributed by atoms with Crippen LogP contribution in [0.15, 0.2) is 0 Å². The van der Waals surface area contributed by atoms with E-state index < -0.39 is 30.3 Å². The van der Waals surface area contributed by atoms with Gasteiger partial charge in [-0.1, -0.05) is 0 Å². The predicted molar refractivity (Wildman–Crippen MR) is 48.8 cm³/mol. The number of primary amides is 2. The van der Waals surface area contributed by atoms with Crippen molar-refractivity contribution < 1.29 is 19.8 Å². The quantitative estimate of drug-likeness (QED) is 0.381. The van der Waals surface area contributed by atoms with E-state index >= 15 is 0 Å². The highest BCUT2D eigenvalue weighted by atomic mass is 16.3. The summed E-state index contributed by atoms with van der Waals surface area (Å²) in [5, 5.41) is 17.8. The summed E-state index contributed by atoms with van der Waals surface area (Å²) in [5.74, 6) is -2.52. The van der Waals surface area contributed by atoms with Crippen molar-refractivity contribution in [1.82, 2.24) is 0 Å². The number of aliphatic hydroxyl groups excluding tert-OH is 2. The maximum atomic E-state index is 10.8. The molecule has 82 valence electrons. The second kappa shape index (κ2) is 6.33. The highest BCUT2D eigenvalue weighted by Crippen LogP contribution is 2.16. The number of aliphatic hydroxyl groups is 2. The molecule has 0 aromatic carbocycles. The van der Waals surface area contributed by atoms with Gasteiger partial charge in [0.15, 0.2) is 0 Å². The van der Waals surface area contributed by atoms with Gasteiger partial charge in [0.2, 0.25) is 11.8 Å². The molecule has 14 heavy (non-hydrogen) atoms. The maximum Gasteiger partial charge on any atom is 0.223 e. The Bertz CT molecular complexity index is 208. The molecule has 0 fully saturated rings. The second-order valence-electron chi connectivity index (χ2n) is 3.14. The summed E-state index contributed by atoms with van der Waals surface area (Å²) in [7, 11) is 0. The van der Waals surface area contributed by atoms with Gasteiger partial charge in [0.1, 0.15) is 0 Å². The van der Waals surface area contributed by atoms with Crippen LogP contribution in [0.5, 0.6) is 0 Å². The molecule has 0 aliphatic heterocycles. The summed E-state index contributed by atoms with van der Waals surface area (Å²) in [4.78, 5) is 21.3. The van der Waals surface area contributed by atoms with E-state index in [1.54, 1.807) is 0 Å². The molecule has 6 N–H and O–H groups in total. The summed E-state index contributed by atoms with van der Waals surface area (Å²) in [6, 6.07) is 0. The third-order valence-corrected chi connectivity index (χ3v) is 2.13. The van der Waals surface area contributed by atoms with Crippen LogP contribution in [0.4, 0.5) is 0 Å². The largest absolute Gasteiger partial charge is 0.396 e. The summed E-state index contributed by atoms with van der Waals surface area (Å²) in [5.41, 5.74) is 9.92. The minimum Gasteiger partial charge on any atom is -0.396 e. The molecule has 0 saturated carbocycles. The summed E-state index contributed by atoms with van der Waals surface area (Å²) >= 11 is 0. The van der Waals surface area contributed by atoms with Crippen molar-refractivity contribution in [3.05, 3.63) is 0 Å². The van der Waals surface area contributed by atoms with E-state index in [0.717, 1.165) is 0 Å². The van der Waals surface area contributed by atoms with Gasteiger partial charge in [-0.15, -0.1) is 0 Å². The van der Waals surface area contributed by atoms with Gasteiger partial charge in [-0.2, -0.15) is 0 Å². The number of carbonyl (C=O) groups excluding carboxylic acids is 2. The van der Waals surface area contributed by atoms with Crippen molar-refractivity contribution in [2.24, 2.45) is 23.3 Å². The molecule has 0 aliphatic carbocycles. The Kier molecular flexibility index (Phi) is 5.82. The zero-order chi connectivity index (χ0) is 11.1. The van der Waals surface area contributed by atoms with Gasteiger partial charge in [0, 0.05) is 13.0 Å². The molecule has 0 aliphatic rings. The van der Waals surface area contributed by atoms with Crippen molar-refractivity contribution in [2.45, 2.75) is 12.8 Å². The first-order valence-corrected chi connectivity index (χ1v) is 4.32. The van der Waals surface area contributed by atoms with Crippen molar-refractivity contribution in [1.29, 1.82) is 0 Å². The smallest absolute Gasteiger partial charge is 0.223 e. The second-order valence-corrected chi connectivity index (χ2v) is 3.14. The molecule has 0 bridgehead atoms. The van der Waals surface area contributed by atoms with Crippen LogP contribution in [-0.2, 0) is 9.59 Å². The zero-order valence-corrected chi connectivity index (χ0v) is 7.85. The van der Waals surface area contributed by atoms with Crippen molar-refractivity contribution in [2.75, 3.05) is 13.2 Å². The number of hydrogen-bond acceptors (Lipinski definition) is 4. The lowest BCUT2D eigenvalue weighted by atomic mass is 9.89. The van der Waals surface area contributed by atoms with Gasteiger partial charge in [-0.25, -0.2) is 0 Å². The lowest BCUT2D eigenvalue weighted by molar-refractivity contribution is -0.126. The third kappa shape index (κ3) is 4.20. The minimum atomic E-state index is -0.820. The average molecular weight is 204 g/mol. The van der Waals surface area contributed by atoms with E-state index in [2.05, 4.69) is 0 Å². The van der Waals surface area contributed by atoms with Crippen LogP contribution in [0.1, 0.15) is 12.8 Å². The molecule has 0 radical (unpaired) electrons. The lowest BCUT2D eigenvalue weighted by Gasteiger charge is -2.20. The highest BCUT2D eigenvalue weighted by molar-refractivity contribution is 5.77. The van der Waals surface area contributed by atoms with Gasteiger partial charge >= 0.3 is 0 Å². The van der Waals surface area contributed by atoms with E-state index in [4.69, 9.17) is 21.7 Å². The summed E-state index contributed by atoms with van der Waals surface area (Å²) in [6.45, 7) is -0.735. The molecule has 6 nitrogen and oxygen atoms in total. The molecular formula is C8H16N2O4. The molecule has 0 aromatic rings. The number of hydrogen-bond donors (Lipinski definition) is 4. The number of rotatable bonds is 7. The van der Waals surface area contributed by atoms with E-state index in [1.165, 1.54) is 0 Å². The maximum absolute atomic E-state index is 10.8. The fraction of sp³-hybridized carbons (Fsp3) is 0.750. The molecule has 2 amide bonds. The van der Waals surface area contributed by atoms with E-state index in [9.17, 15) is 9.59 Å². The Hall–Kier alpha value is -1.14. The van der Waals surface area contributed by atoms with Crippen LogP contribution in [0.3, 0.4) is 0 Å². The highest BCUT2D eigenvalue weighted by Gasteiger charge is 2.25. The molecule has 2 atom stereocenters. The van der Waals surface area contributed by atoms with Crippen molar-refractivity contribution >= 4 is 11.8 Å². The standard InChI is InChI=1S/C8H16N2O4/c9-7(13)2-1-5(3-11)6(4-12)8(10)14/h5-6,11-12H,1-4H2,(H2,9,13)(H2,10,14). The monoisotopic (exact) mass is 204 g/mol. The van der Waals surface area contributed by atoms with Crippen molar-refractivity contribution in [3.8, 4) is 0 Å². The molecular weight excluding hydrogens is 188 g/mol. The summed E-state index contributed by atoms with van der Waals surface area (Å²) in [6.07, 6.45) is 0.314.